The van der Waals surface area contributed by atoms with E-state index in [1.54, 1.807) is 0 Å². The molecule has 0 spiro atoms. The fourth-order valence-corrected chi connectivity index (χ4v) is 6.54. The first kappa shape index (κ1) is 28.4. The van der Waals surface area contributed by atoms with Crippen molar-refractivity contribution in [2.45, 2.75) is 13.1 Å². The van der Waals surface area contributed by atoms with E-state index in [4.69, 9.17) is 10.7 Å². The van der Waals surface area contributed by atoms with Crippen LogP contribution in [0.3, 0.4) is 0 Å². The summed E-state index contributed by atoms with van der Waals surface area (Å²) >= 11 is 0. The molecule has 0 radical (unpaired) electrons. The Morgan fingerprint density at radius 2 is 0.979 bits per heavy atom. The minimum Gasteiger partial charge on any atom is -0.399 e. The Morgan fingerprint density at radius 1 is 0.489 bits per heavy atom. The molecule has 0 saturated heterocycles. The maximum absolute atomic E-state index is 6.52. The van der Waals surface area contributed by atoms with E-state index in [1.165, 1.54) is 28.2 Å². The Bertz CT molecular complexity index is 2120. The molecule has 3 N–H and O–H groups in total. The van der Waals surface area contributed by atoms with Crippen molar-refractivity contribution >= 4 is 22.7 Å². The Labute approximate surface area is 275 Å². The van der Waals surface area contributed by atoms with Gasteiger partial charge in [0.1, 0.15) is 6.17 Å². The van der Waals surface area contributed by atoms with Gasteiger partial charge in [-0.15, -0.1) is 0 Å². The number of nitrogens with zero attached hydrogens (tertiary/aromatic N) is 2. The average molecular weight is 607 g/mol. The standard InChI is InChI=1S/C43H34N4/c1-29-45-40-14-8-9-15-43(40)47(29)39-22-20-32(21-23-39)31-16-18-33(19-17-31)35-24-37(26-38(44)25-35)42-28-36(30-10-4-2-5-11-30)27-41(46-42)34-12-6-3-7-13-34/h2-29,45H,44H2,1H3. The van der Waals surface area contributed by atoms with Crippen LogP contribution in [0.1, 0.15) is 6.92 Å². The summed E-state index contributed by atoms with van der Waals surface area (Å²) in [7, 11) is 0. The minimum absolute atomic E-state index is 0.196. The van der Waals surface area contributed by atoms with Crippen molar-refractivity contribution < 1.29 is 0 Å². The average Bonchev–Trinajstić information content (AvgIpc) is 3.47. The van der Waals surface area contributed by atoms with Crippen LogP contribution in [0.15, 0.2) is 164 Å². The number of nitrogens with two attached hydrogens (primary N) is 1. The van der Waals surface area contributed by atoms with Gasteiger partial charge in [-0.25, -0.2) is 4.98 Å². The number of rotatable bonds is 6. The van der Waals surface area contributed by atoms with E-state index >= 15 is 0 Å². The number of benzene rings is 6. The number of anilines is 4. The first-order valence-corrected chi connectivity index (χ1v) is 16.0. The van der Waals surface area contributed by atoms with E-state index in [1.807, 2.05) is 36.4 Å². The number of hydrogen-bond donors (Lipinski definition) is 2. The monoisotopic (exact) mass is 606 g/mol. The van der Waals surface area contributed by atoms with Crippen molar-refractivity contribution in [2.24, 2.45) is 0 Å². The highest BCUT2D eigenvalue weighted by atomic mass is 15.3. The van der Waals surface area contributed by atoms with Crippen LogP contribution in [0.5, 0.6) is 0 Å². The highest BCUT2D eigenvalue weighted by Gasteiger charge is 2.26. The summed E-state index contributed by atoms with van der Waals surface area (Å²) in [6.45, 7) is 2.19. The van der Waals surface area contributed by atoms with Crippen molar-refractivity contribution in [3.63, 3.8) is 0 Å². The second-order valence-corrected chi connectivity index (χ2v) is 12.0. The molecule has 4 heteroatoms. The van der Waals surface area contributed by atoms with Crippen molar-refractivity contribution in [3.05, 3.63) is 164 Å². The van der Waals surface area contributed by atoms with Crippen LogP contribution in [-0.4, -0.2) is 11.1 Å². The number of nitrogen functional groups attached to an aromatic ring is 1. The molecule has 1 aliphatic heterocycles. The molecule has 226 valence electrons. The lowest BCUT2D eigenvalue weighted by atomic mass is 9.96. The molecule has 1 atom stereocenters. The zero-order valence-electron chi connectivity index (χ0n) is 26.1. The molecular formula is C43H34N4. The van der Waals surface area contributed by atoms with E-state index in [2.05, 4.69) is 145 Å². The van der Waals surface area contributed by atoms with Gasteiger partial charge in [-0.05, 0) is 94.9 Å². The first-order valence-electron chi connectivity index (χ1n) is 16.0. The van der Waals surface area contributed by atoms with Gasteiger partial charge in [-0.2, -0.15) is 0 Å². The molecular weight excluding hydrogens is 573 g/mol. The van der Waals surface area contributed by atoms with Gasteiger partial charge in [0.2, 0.25) is 0 Å². The molecule has 7 aromatic rings. The van der Waals surface area contributed by atoms with Crippen LogP contribution in [0.4, 0.5) is 22.7 Å². The molecule has 0 aliphatic carbocycles. The van der Waals surface area contributed by atoms with Gasteiger partial charge in [-0.1, -0.05) is 109 Å². The van der Waals surface area contributed by atoms with Crippen molar-refractivity contribution in [3.8, 4) is 55.9 Å². The number of nitrogens with one attached hydrogen (secondary N) is 1. The zero-order valence-corrected chi connectivity index (χ0v) is 26.1. The predicted molar refractivity (Wildman–Crippen MR) is 197 cm³/mol. The molecule has 0 saturated carbocycles. The largest absolute Gasteiger partial charge is 0.399 e. The summed E-state index contributed by atoms with van der Waals surface area (Å²) in [6, 6.07) is 57.3. The fourth-order valence-electron chi connectivity index (χ4n) is 6.54. The third kappa shape index (κ3) is 5.62. The van der Waals surface area contributed by atoms with Crippen LogP contribution < -0.4 is 16.0 Å². The smallest absolute Gasteiger partial charge is 0.101 e. The highest BCUT2D eigenvalue weighted by molar-refractivity contribution is 5.84. The van der Waals surface area contributed by atoms with Gasteiger partial charge in [0.05, 0.1) is 22.8 Å². The normalized spacial score (nSPS) is 13.6. The van der Waals surface area contributed by atoms with Gasteiger partial charge in [0, 0.05) is 22.5 Å². The molecule has 4 nitrogen and oxygen atoms in total. The lowest BCUT2D eigenvalue weighted by molar-refractivity contribution is 0.843. The van der Waals surface area contributed by atoms with Crippen LogP contribution in [0.25, 0.3) is 55.9 Å². The second-order valence-electron chi connectivity index (χ2n) is 12.0. The van der Waals surface area contributed by atoms with E-state index in [-0.39, 0.29) is 6.17 Å². The number of aromatic nitrogens is 1. The Morgan fingerprint density at radius 3 is 1.66 bits per heavy atom. The number of para-hydroxylation sites is 2. The lowest BCUT2D eigenvalue weighted by Crippen LogP contribution is -2.28. The summed E-state index contributed by atoms with van der Waals surface area (Å²) in [5.41, 5.74) is 21.4. The summed E-state index contributed by atoms with van der Waals surface area (Å²) in [6.07, 6.45) is 0.196. The van der Waals surface area contributed by atoms with Gasteiger partial charge < -0.3 is 16.0 Å². The summed E-state index contributed by atoms with van der Waals surface area (Å²) in [5, 5.41) is 3.57. The van der Waals surface area contributed by atoms with Crippen molar-refractivity contribution in [1.29, 1.82) is 0 Å². The van der Waals surface area contributed by atoms with E-state index in [9.17, 15) is 0 Å². The maximum Gasteiger partial charge on any atom is 0.101 e. The van der Waals surface area contributed by atoms with Gasteiger partial charge in [0.15, 0.2) is 0 Å². The Balaban J connectivity index is 1.10. The summed E-state index contributed by atoms with van der Waals surface area (Å²) in [5.74, 6) is 0. The van der Waals surface area contributed by atoms with E-state index in [0.717, 1.165) is 44.8 Å². The third-order valence-electron chi connectivity index (χ3n) is 8.87. The molecule has 1 unspecified atom stereocenters. The Kier molecular flexibility index (Phi) is 7.23. The SMILES string of the molecule is CC1Nc2ccccc2N1c1ccc(-c2ccc(-c3cc(N)cc(-c4cc(-c5ccccc5)cc(-c5ccccc5)n4)c3)cc2)cc1. The molecule has 6 aromatic carbocycles. The number of pyridine rings is 1. The quantitative estimate of drug-likeness (QED) is 0.185. The predicted octanol–water partition coefficient (Wildman–Crippen LogP) is 10.9. The van der Waals surface area contributed by atoms with Crippen LogP contribution in [-0.2, 0) is 0 Å². The van der Waals surface area contributed by atoms with Crippen molar-refractivity contribution in [2.75, 3.05) is 16.0 Å². The number of fused-ring (bicyclic) bond motifs is 1. The van der Waals surface area contributed by atoms with E-state index < -0.39 is 0 Å². The molecule has 1 aliphatic rings. The van der Waals surface area contributed by atoms with Crippen molar-refractivity contribution in [1.82, 2.24) is 4.98 Å². The molecule has 2 heterocycles. The van der Waals surface area contributed by atoms with Crippen LogP contribution in [0.2, 0.25) is 0 Å². The molecule has 47 heavy (non-hydrogen) atoms. The minimum atomic E-state index is 0.196. The van der Waals surface area contributed by atoms with E-state index in [0.29, 0.717) is 5.69 Å². The topological polar surface area (TPSA) is 54.2 Å². The summed E-state index contributed by atoms with van der Waals surface area (Å²) in [4.78, 5) is 7.46. The number of hydrogen-bond acceptors (Lipinski definition) is 4. The van der Waals surface area contributed by atoms with Crippen LogP contribution in [0, 0.1) is 0 Å². The Hall–Kier alpha value is -6.13. The van der Waals surface area contributed by atoms with Gasteiger partial charge >= 0.3 is 0 Å². The third-order valence-corrected chi connectivity index (χ3v) is 8.87. The molecule has 0 amide bonds. The van der Waals surface area contributed by atoms with Crippen LogP contribution >= 0.6 is 0 Å². The highest BCUT2D eigenvalue weighted by Crippen LogP contribution is 2.40. The molecule has 1 aromatic heterocycles. The zero-order chi connectivity index (χ0) is 31.7. The fraction of sp³-hybridized carbons (Fsp3) is 0.0465. The second kappa shape index (κ2) is 12.0. The van der Waals surface area contributed by atoms with Gasteiger partial charge in [-0.3, -0.25) is 0 Å². The molecule has 0 bridgehead atoms. The first-order chi connectivity index (χ1) is 23.1. The maximum atomic E-state index is 6.52. The lowest BCUT2D eigenvalue weighted by Gasteiger charge is -2.24. The van der Waals surface area contributed by atoms with Gasteiger partial charge in [0.25, 0.3) is 0 Å². The summed E-state index contributed by atoms with van der Waals surface area (Å²) < 4.78 is 0. The molecule has 8 rings (SSSR count). The molecule has 0 fully saturated rings.